The number of benzene rings is 1. The molecule has 0 aliphatic carbocycles. The molecule has 0 saturated heterocycles. The van der Waals surface area contributed by atoms with E-state index in [1.165, 1.54) is 0 Å². The Bertz CT molecular complexity index is 800. The second-order valence-electron chi connectivity index (χ2n) is 3.13. The van der Waals surface area contributed by atoms with Gasteiger partial charge in [0.2, 0.25) is 20.0 Å². The van der Waals surface area contributed by atoms with Crippen LogP contribution >= 0.6 is 11.6 Å². The smallest absolute Gasteiger partial charge is 0.244 e. The van der Waals surface area contributed by atoms with E-state index in [2.05, 4.69) is 0 Å². The predicted octanol–water partition coefficient (Wildman–Crippen LogP) is -0.351. The maximum Gasteiger partial charge on any atom is 0.244 e. The Morgan fingerprint density at radius 1 is 1.53 bits per heavy atom. The largest absolute Gasteiger partial charge is 0.370 e. The molecule has 7 nitrogen and oxygen atoms in total. The van der Waals surface area contributed by atoms with Crippen molar-refractivity contribution < 1.29 is 22.5 Å². The van der Waals surface area contributed by atoms with Crippen LogP contribution in [-0.4, -0.2) is 23.5 Å². The highest BCUT2D eigenvalue weighted by Gasteiger charge is 2.26. The average Bonchev–Trinajstić information content (AvgIpc) is 2.35. The van der Waals surface area contributed by atoms with Gasteiger partial charge in [-0.05, 0) is 12.1 Å². The molecule has 17 heavy (non-hydrogen) atoms. The van der Waals surface area contributed by atoms with Crippen molar-refractivity contribution in [2.24, 2.45) is 5.13 Å². The highest BCUT2D eigenvalue weighted by molar-refractivity contribution is 7.90. The zero-order chi connectivity index (χ0) is 16.2. The second kappa shape index (κ2) is 3.82. The Morgan fingerprint density at radius 3 is 2.88 bits per heavy atom. The molecule has 1 aliphatic heterocycles. The number of hydrogen-bond donors (Lipinski definition) is 3. The Balaban J connectivity index is 2.81. The van der Waals surface area contributed by atoms with Gasteiger partial charge in [-0.25, -0.2) is 22.0 Å². The zero-order valence-corrected chi connectivity index (χ0v) is 10.4. The van der Waals surface area contributed by atoms with Crippen LogP contribution in [0.2, 0.25) is 10.7 Å². The van der Waals surface area contributed by atoms with Crippen molar-refractivity contribution in [2.45, 2.75) is 9.79 Å². The fourth-order valence-electron chi connectivity index (χ4n) is 1.30. The first-order chi connectivity index (χ1) is 9.49. The summed E-state index contributed by atoms with van der Waals surface area (Å²) in [5, 5.41) is -0.373. The Morgan fingerprint density at radius 2 is 2.24 bits per heavy atom. The highest BCUT2D eigenvalue weighted by atomic mass is 35.5. The molecule has 1 aromatic rings. The van der Waals surface area contributed by atoms with Crippen molar-refractivity contribution in [3.8, 4) is 0 Å². The lowest BCUT2D eigenvalue weighted by atomic mass is 10.3. The van der Waals surface area contributed by atoms with Crippen LogP contribution in [0.15, 0.2) is 21.9 Å². The fraction of sp³-hybridized carbons (Fsp3) is 0.143. The van der Waals surface area contributed by atoms with Gasteiger partial charge in [0.1, 0.15) is 14.0 Å². The van der Waals surface area contributed by atoms with Gasteiger partial charge in [0, 0.05) is 0 Å². The molecular weight excluding hydrogens is 290 g/mol. The first-order valence-corrected chi connectivity index (χ1v) is 7.40. The number of fused-ring (bicyclic) bond motifs is 1. The maximum atomic E-state index is 12.0. The molecule has 0 unspecified atom stereocenters. The van der Waals surface area contributed by atoms with Crippen LogP contribution in [0.25, 0.3) is 0 Å². The first-order valence-electron chi connectivity index (χ1n) is 5.93. The summed E-state index contributed by atoms with van der Waals surface area (Å²) in [5.74, 6) is 0. The van der Waals surface area contributed by atoms with Crippen LogP contribution in [0, 0.1) is 0 Å². The van der Waals surface area contributed by atoms with Gasteiger partial charge >= 0.3 is 0 Å². The van der Waals surface area contributed by atoms with E-state index in [0.717, 1.165) is 6.07 Å². The molecule has 0 saturated carbocycles. The van der Waals surface area contributed by atoms with E-state index in [4.69, 9.17) is 17.2 Å². The summed E-state index contributed by atoms with van der Waals surface area (Å²) < 4.78 is 76.2. The quantitative estimate of drug-likeness (QED) is 0.690. The van der Waals surface area contributed by atoms with Crippen molar-refractivity contribution in [2.75, 3.05) is 12.0 Å². The molecule has 10 heteroatoms. The molecule has 0 spiro atoms. The third-order valence-electron chi connectivity index (χ3n) is 2.04. The fourth-order valence-corrected chi connectivity index (χ4v) is 3.40. The van der Waals surface area contributed by atoms with Crippen LogP contribution < -0.4 is 15.1 Å². The number of primary sulfonamides is 1. The summed E-state index contributed by atoms with van der Waals surface area (Å²) >= 11 is 5.75. The topological polar surface area (TPSA) is 118 Å². The molecule has 1 aliphatic rings. The monoisotopic (exact) mass is 301 g/mol. The summed E-state index contributed by atoms with van der Waals surface area (Å²) in [7, 11) is -8.92. The minimum Gasteiger partial charge on any atom is -0.370 e. The maximum absolute atomic E-state index is 12.0. The molecule has 1 heterocycles. The number of nitrogens with one attached hydrogen (secondary N) is 2. The summed E-state index contributed by atoms with van der Waals surface area (Å²) in [6.07, 6.45) is 0. The van der Waals surface area contributed by atoms with E-state index >= 15 is 0 Å². The van der Waals surface area contributed by atoms with Gasteiger partial charge in [-0.15, -0.1) is 0 Å². The van der Waals surface area contributed by atoms with Crippen LogP contribution in [0.1, 0.15) is 0 Å². The summed E-state index contributed by atoms with van der Waals surface area (Å²) in [6, 6.07) is 1.57. The molecule has 0 aromatic heterocycles. The number of rotatable bonds is 2. The van der Waals surface area contributed by atoms with Crippen LogP contribution in [0.5, 0.6) is 0 Å². The molecule has 1 aromatic carbocycles. The zero-order valence-electron chi connectivity index (χ0n) is 12.0. The molecule has 0 radical (unpaired) electrons. The lowest BCUT2D eigenvalue weighted by molar-refractivity contribution is 0.581. The van der Waals surface area contributed by atoms with Gasteiger partial charge in [-0.2, -0.15) is 4.72 Å². The Labute approximate surface area is 109 Å². The minimum absolute atomic E-state index is 0.117. The van der Waals surface area contributed by atoms with Crippen molar-refractivity contribution in [1.29, 1.82) is 0 Å². The Kier molecular flexibility index (Phi) is 1.86. The van der Waals surface area contributed by atoms with Crippen molar-refractivity contribution in [3.05, 3.63) is 17.2 Å². The Hall–Kier alpha value is -0.870. The number of hydrogen-bond acceptors (Lipinski definition) is 5. The normalized spacial score (nSPS) is 23.5. The highest BCUT2D eigenvalue weighted by Crippen LogP contribution is 2.32. The lowest BCUT2D eigenvalue weighted by Gasteiger charge is -2.20. The van der Waals surface area contributed by atoms with Gasteiger partial charge in [0.05, 0.1) is 17.4 Å². The molecule has 4 N–H and O–H groups in total. The van der Waals surface area contributed by atoms with E-state index in [1.807, 2.05) is 0 Å². The van der Waals surface area contributed by atoms with Gasteiger partial charge < -0.3 is 5.31 Å². The second-order valence-corrected chi connectivity index (χ2v) is 6.57. The molecule has 0 atom stereocenters. The van der Waals surface area contributed by atoms with E-state index < -0.39 is 46.7 Å². The number of halogens is 1. The SMILES string of the molecule is [2H]N1CN([2H])S(=O)(=O)c2cc(S(=O)(=O)N([2H])[2H])c(Cl)cc21. The summed E-state index contributed by atoms with van der Waals surface area (Å²) in [5.41, 5.74) is -0.191. The molecule has 2 rings (SSSR count). The van der Waals surface area contributed by atoms with Gasteiger partial charge in [-0.3, -0.25) is 0 Å². The van der Waals surface area contributed by atoms with Crippen LogP contribution in [0.4, 0.5) is 5.69 Å². The number of anilines is 1. The van der Waals surface area contributed by atoms with Crippen molar-refractivity contribution in [3.63, 3.8) is 0 Å². The summed E-state index contributed by atoms with van der Waals surface area (Å²) in [4.78, 5) is -1.37. The number of sulfonamides is 2. The molecule has 94 valence electrons. The third-order valence-corrected chi connectivity index (χ3v) is 4.69. The molecule has 0 amide bonds. The molecule has 0 fully saturated rings. The van der Waals surface area contributed by atoms with Crippen molar-refractivity contribution in [1.82, 2.24) is 4.72 Å². The lowest BCUT2D eigenvalue weighted by Crippen LogP contribution is -2.34. The summed E-state index contributed by atoms with van der Waals surface area (Å²) in [6.45, 7) is -0.569. The van der Waals surface area contributed by atoms with Gasteiger partial charge in [-0.1, -0.05) is 11.6 Å². The van der Waals surface area contributed by atoms with E-state index in [-0.39, 0.29) is 10.4 Å². The first kappa shape index (κ1) is 8.27. The third kappa shape index (κ3) is 2.24. The van der Waals surface area contributed by atoms with Crippen molar-refractivity contribution >= 4 is 37.3 Å². The van der Waals surface area contributed by atoms with Gasteiger partial charge in [0.15, 0.2) is 1.41 Å². The van der Waals surface area contributed by atoms with Crippen LogP contribution in [0.3, 0.4) is 0 Å². The number of nitrogens with two attached hydrogens (primary N) is 1. The average molecular weight is 302 g/mol. The van der Waals surface area contributed by atoms with Crippen LogP contribution in [-0.2, 0) is 20.0 Å². The predicted molar refractivity (Wildman–Crippen MR) is 61.6 cm³/mol. The molecule has 0 bridgehead atoms. The minimum atomic E-state index is -4.62. The van der Waals surface area contributed by atoms with E-state index in [9.17, 15) is 16.8 Å². The standard InChI is InChI=1S/C7H8ClN3O4S2/c8-4-1-5-7(2-6(4)16(9,12)13)17(14,15)11-3-10-5/h1-2,10-11H,3H2,(H2,9,12,13)/i/hD4. The van der Waals surface area contributed by atoms with E-state index in [1.54, 1.807) is 0 Å². The van der Waals surface area contributed by atoms with E-state index in [0.29, 0.717) is 11.4 Å². The van der Waals surface area contributed by atoms with Gasteiger partial charge in [0.25, 0.3) is 0 Å². The molecular formula is C7H8ClN3O4S2.